The number of aromatic nitrogens is 2. The number of H-pyrrole nitrogens is 1. The molecule has 1 heterocycles. The van der Waals surface area contributed by atoms with Gasteiger partial charge in [-0.15, -0.1) is 0 Å². The summed E-state index contributed by atoms with van der Waals surface area (Å²) >= 11 is 0. The molecule has 3 N–H and O–H groups in total. The van der Waals surface area contributed by atoms with Gasteiger partial charge in [0.15, 0.2) is 0 Å². The fraction of sp³-hybridized carbons (Fsp3) is 0.111. The van der Waals surface area contributed by atoms with Crippen molar-refractivity contribution in [2.45, 2.75) is 12.5 Å². The van der Waals surface area contributed by atoms with Gasteiger partial charge in [0.2, 0.25) is 5.91 Å². The highest BCUT2D eigenvalue weighted by Gasteiger charge is 2.14. The Hall–Kier alpha value is -2.99. The van der Waals surface area contributed by atoms with Crippen LogP contribution in [-0.2, 0) is 4.79 Å². The van der Waals surface area contributed by atoms with Gasteiger partial charge < -0.3 is 10.4 Å². The van der Waals surface area contributed by atoms with Crippen LogP contribution in [0, 0.1) is 5.82 Å². The Labute approximate surface area is 138 Å². The molecule has 0 bridgehead atoms. The number of nitrogens with zero attached hydrogens (tertiary/aromatic N) is 1. The predicted molar refractivity (Wildman–Crippen MR) is 88.6 cm³/mol. The fourth-order valence-corrected chi connectivity index (χ4v) is 2.37. The van der Waals surface area contributed by atoms with Crippen LogP contribution < -0.4 is 5.32 Å². The molecule has 0 spiro atoms. The lowest BCUT2D eigenvalue weighted by Crippen LogP contribution is -2.15. The molecule has 0 aliphatic carbocycles. The number of carbonyl (C=O) groups excluding carboxylic acids is 1. The Morgan fingerprint density at radius 3 is 2.67 bits per heavy atom. The van der Waals surface area contributed by atoms with Crippen LogP contribution in [0.2, 0.25) is 0 Å². The van der Waals surface area contributed by atoms with Crippen LogP contribution in [0.15, 0.2) is 60.8 Å². The number of aliphatic hydroxyl groups is 1. The second-order valence-electron chi connectivity index (χ2n) is 5.37. The summed E-state index contributed by atoms with van der Waals surface area (Å²) in [5.74, 6) is -0.789. The van der Waals surface area contributed by atoms with E-state index in [1.165, 1.54) is 18.2 Å². The zero-order valence-corrected chi connectivity index (χ0v) is 12.7. The average Bonchev–Trinajstić information content (AvgIpc) is 3.10. The Morgan fingerprint density at radius 1 is 1.21 bits per heavy atom. The maximum Gasteiger partial charge on any atom is 0.227 e. The van der Waals surface area contributed by atoms with Crippen molar-refractivity contribution < 1.29 is 14.3 Å². The van der Waals surface area contributed by atoms with E-state index in [4.69, 9.17) is 0 Å². The van der Waals surface area contributed by atoms with Gasteiger partial charge in [-0.1, -0.05) is 24.3 Å². The molecule has 122 valence electrons. The molecule has 1 atom stereocenters. The van der Waals surface area contributed by atoms with Gasteiger partial charge in [-0.2, -0.15) is 5.10 Å². The lowest BCUT2D eigenvalue weighted by molar-refractivity contribution is -0.118. The van der Waals surface area contributed by atoms with E-state index < -0.39 is 11.9 Å². The number of nitrogens with one attached hydrogen (secondary N) is 2. The van der Waals surface area contributed by atoms with Crippen LogP contribution in [0.5, 0.6) is 0 Å². The maximum absolute atomic E-state index is 13.1. The summed E-state index contributed by atoms with van der Waals surface area (Å²) in [6.07, 6.45) is 0.467. The molecule has 0 saturated heterocycles. The van der Waals surface area contributed by atoms with E-state index in [0.29, 0.717) is 11.3 Å². The van der Waals surface area contributed by atoms with Crippen molar-refractivity contribution in [3.05, 3.63) is 72.2 Å². The number of aliphatic hydroxyl groups excluding tert-OH is 1. The van der Waals surface area contributed by atoms with Crippen molar-refractivity contribution in [2.75, 3.05) is 5.32 Å². The standard InChI is InChI=1S/C18H16FN3O2/c19-14-3-1-2-13(10-14)17(23)11-18(24)21-15-6-4-12(5-7-15)16-8-9-20-22-16/h1-10,17,23H,11H2,(H,20,22)(H,21,24). The molecule has 6 heteroatoms. The Balaban J connectivity index is 1.60. The summed E-state index contributed by atoms with van der Waals surface area (Å²) in [7, 11) is 0. The molecule has 1 amide bonds. The molecular weight excluding hydrogens is 309 g/mol. The molecule has 24 heavy (non-hydrogen) atoms. The number of aromatic amines is 1. The molecule has 0 aliphatic rings. The number of hydrogen-bond acceptors (Lipinski definition) is 3. The van der Waals surface area contributed by atoms with Crippen molar-refractivity contribution in [1.29, 1.82) is 0 Å². The maximum atomic E-state index is 13.1. The Kier molecular flexibility index (Phi) is 4.67. The van der Waals surface area contributed by atoms with Crippen LogP contribution in [0.4, 0.5) is 10.1 Å². The molecule has 0 radical (unpaired) electrons. The lowest BCUT2D eigenvalue weighted by atomic mass is 10.1. The predicted octanol–water partition coefficient (Wildman–Crippen LogP) is 3.28. The minimum atomic E-state index is -1.05. The number of anilines is 1. The van der Waals surface area contributed by atoms with Gasteiger partial charge in [0.25, 0.3) is 0 Å². The first-order chi connectivity index (χ1) is 11.6. The Morgan fingerprint density at radius 2 is 2.00 bits per heavy atom. The number of rotatable bonds is 5. The van der Waals surface area contributed by atoms with Crippen LogP contribution in [0.1, 0.15) is 18.1 Å². The van der Waals surface area contributed by atoms with Crippen molar-refractivity contribution in [2.24, 2.45) is 0 Å². The lowest BCUT2D eigenvalue weighted by Gasteiger charge is -2.11. The highest BCUT2D eigenvalue weighted by molar-refractivity contribution is 5.91. The summed E-state index contributed by atoms with van der Waals surface area (Å²) in [5.41, 5.74) is 2.83. The van der Waals surface area contributed by atoms with Gasteiger partial charge in [-0.05, 0) is 41.5 Å². The number of halogens is 1. The highest BCUT2D eigenvalue weighted by Crippen LogP contribution is 2.21. The topological polar surface area (TPSA) is 78.0 Å². The Bertz CT molecular complexity index is 817. The monoisotopic (exact) mass is 325 g/mol. The van der Waals surface area contributed by atoms with E-state index >= 15 is 0 Å². The molecule has 3 aromatic rings. The fourth-order valence-electron chi connectivity index (χ4n) is 2.37. The van der Waals surface area contributed by atoms with Gasteiger partial charge in [0.1, 0.15) is 5.82 Å². The minimum Gasteiger partial charge on any atom is -0.388 e. The first-order valence-corrected chi connectivity index (χ1v) is 7.45. The van der Waals surface area contributed by atoms with Crippen LogP contribution in [-0.4, -0.2) is 21.2 Å². The second kappa shape index (κ2) is 7.06. The van der Waals surface area contributed by atoms with E-state index in [0.717, 1.165) is 11.3 Å². The van der Waals surface area contributed by atoms with Crippen LogP contribution in [0.3, 0.4) is 0 Å². The molecule has 2 aromatic carbocycles. The van der Waals surface area contributed by atoms with Gasteiger partial charge in [-0.25, -0.2) is 4.39 Å². The summed E-state index contributed by atoms with van der Waals surface area (Å²) in [6.45, 7) is 0. The summed E-state index contributed by atoms with van der Waals surface area (Å²) < 4.78 is 13.1. The number of carbonyl (C=O) groups is 1. The molecule has 3 rings (SSSR count). The van der Waals surface area contributed by atoms with E-state index in [1.807, 2.05) is 18.2 Å². The second-order valence-corrected chi connectivity index (χ2v) is 5.37. The number of benzene rings is 2. The molecular formula is C18H16FN3O2. The normalized spacial score (nSPS) is 11.9. The van der Waals surface area contributed by atoms with E-state index in [9.17, 15) is 14.3 Å². The number of amides is 1. The average molecular weight is 325 g/mol. The molecule has 5 nitrogen and oxygen atoms in total. The van der Waals surface area contributed by atoms with Crippen LogP contribution in [0.25, 0.3) is 11.3 Å². The molecule has 1 unspecified atom stereocenters. The number of hydrogen-bond donors (Lipinski definition) is 3. The van der Waals surface area contributed by atoms with Gasteiger partial charge >= 0.3 is 0 Å². The highest BCUT2D eigenvalue weighted by atomic mass is 19.1. The van der Waals surface area contributed by atoms with E-state index in [1.54, 1.807) is 24.4 Å². The zero-order valence-electron chi connectivity index (χ0n) is 12.7. The summed E-state index contributed by atoms with van der Waals surface area (Å²) in [5, 5.41) is 19.5. The largest absolute Gasteiger partial charge is 0.388 e. The van der Waals surface area contributed by atoms with Crippen molar-refractivity contribution in [3.8, 4) is 11.3 Å². The smallest absolute Gasteiger partial charge is 0.227 e. The molecule has 0 fully saturated rings. The third-order valence-electron chi connectivity index (χ3n) is 3.59. The zero-order chi connectivity index (χ0) is 16.9. The molecule has 0 saturated carbocycles. The van der Waals surface area contributed by atoms with Crippen molar-refractivity contribution >= 4 is 11.6 Å². The molecule has 0 aliphatic heterocycles. The molecule has 1 aromatic heterocycles. The summed E-state index contributed by atoms with van der Waals surface area (Å²) in [4.78, 5) is 12.0. The van der Waals surface area contributed by atoms with E-state index in [2.05, 4.69) is 15.5 Å². The minimum absolute atomic E-state index is 0.147. The van der Waals surface area contributed by atoms with Crippen LogP contribution >= 0.6 is 0 Å². The third kappa shape index (κ3) is 3.85. The van der Waals surface area contributed by atoms with Crippen molar-refractivity contribution in [1.82, 2.24) is 10.2 Å². The third-order valence-corrected chi connectivity index (χ3v) is 3.59. The SMILES string of the molecule is O=C(CC(O)c1cccc(F)c1)Nc1ccc(-c2ccn[nH]2)cc1. The van der Waals surface area contributed by atoms with Gasteiger partial charge in [0, 0.05) is 11.9 Å². The van der Waals surface area contributed by atoms with Gasteiger partial charge in [-0.3, -0.25) is 9.89 Å². The van der Waals surface area contributed by atoms with Crippen molar-refractivity contribution in [3.63, 3.8) is 0 Å². The van der Waals surface area contributed by atoms with Gasteiger partial charge in [0.05, 0.1) is 18.2 Å². The summed E-state index contributed by atoms with van der Waals surface area (Å²) in [6, 6.07) is 14.7. The first kappa shape index (κ1) is 15.9. The first-order valence-electron chi connectivity index (χ1n) is 7.45. The quantitative estimate of drug-likeness (QED) is 0.673. The van der Waals surface area contributed by atoms with E-state index in [-0.39, 0.29) is 12.3 Å².